The Morgan fingerprint density at radius 1 is 0.846 bits per heavy atom. The van der Waals surface area contributed by atoms with Gasteiger partial charge >= 0.3 is 0 Å². The Balaban J connectivity index is 0.00000150. The summed E-state index contributed by atoms with van der Waals surface area (Å²) in [6.45, 7) is 1.17. The lowest BCUT2D eigenvalue weighted by Gasteiger charge is -2.32. The highest BCUT2D eigenvalue weighted by molar-refractivity contribution is 5.85. The fourth-order valence-electron chi connectivity index (χ4n) is 6.03. The number of hydrogen-bond acceptors (Lipinski definition) is 1. The molecule has 1 N–H and O–H groups in total. The van der Waals surface area contributed by atoms with Crippen molar-refractivity contribution in [2.75, 3.05) is 6.54 Å². The van der Waals surface area contributed by atoms with Crippen molar-refractivity contribution >= 4 is 12.4 Å². The zero-order chi connectivity index (χ0) is 16.4. The number of halogens is 1. The van der Waals surface area contributed by atoms with Crippen molar-refractivity contribution in [2.24, 2.45) is 11.8 Å². The molecule has 0 radical (unpaired) electrons. The first-order valence-electron chi connectivity index (χ1n) is 10.3. The van der Waals surface area contributed by atoms with E-state index in [1.807, 2.05) is 0 Å². The third-order valence-electron chi connectivity index (χ3n) is 7.45. The molecule has 2 saturated carbocycles. The molecule has 4 aliphatic carbocycles. The van der Waals surface area contributed by atoms with Gasteiger partial charge in [-0.25, -0.2) is 0 Å². The monoisotopic (exact) mass is 365 g/mol. The maximum absolute atomic E-state index is 4.01. The molecule has 2 heteroatoms. The van der Waals surface area contributed by atoms with Crippen molar-refractivity contribution in [3.05, 3.63) is 70.8 Å². The van der Waals surface area contributed by atoms with Crippen molar-refractivity contribution in [3.8, 4) is 0 Å². The molecule has 0 aliphatic heterocycles. The van der Waals surface area contributed by atoms with E-state index in [4.69, 9.17) is 0 Å². The number of rotatable bonds is 6. The molecule has 0 saturated heterocycles. The summed E-state index contributed by atoms with van der Waals surface area (Å²) < 4.78 is 0. The standard InChI is InChI=1S/C24H27N.ClH/c1-3-7-21-18(5-1)20-15-24(21,22-8-4-2-6-19(20)22)13-14-25-23(16-9-10-16)17-11-12-17;/h1-8,16-17,20,23,25H,9-15H2;1H. The normalized spacial score (nSPS) is 28.0. The van der Waals surface area contributed by atoms with Gasteiger partial charge in [-0.1, -0.05) is 48.5 Å². The average molecular weight is 366 g/mol. The summed E-state index contributed by atoms with van der Waals surface area (Å²) in [6, 6.07) is 19.3. The predicted molar refractivity (Wildman–Crippen MR) is 109 cm³/mol. The van der Waals surface area contributed by atoms with Gasteiger partial charge in [-0.15, -0.1) is 12.4 Å². The van der Waals surface area contributed by atoms with Crippen molar-refractivity contribution in [3.63, 3.8) is 0 Å². The Labute approximate surface area is 163 Å². The predicted octanol–water partition coefficient (Wildman–Crippen LogP) is 5.41. The molecular weight excluding hydrogens is 338 g/mol. The van der Waals surface area contributed by atoms with Crippen LogP contribution in [0.2, 0.25) is 0 Å². The zero-order valence-corrected chi connectivity index (χ0v) is 16.1. The number of hydrogen-bond donors (Lipinski definition) is 1. The fourth-order valence-corrected chi connectivity index (χ4v) is 6.03. The highest BCUT2D eigenvalue weighted by Crippen LogP contribution is 2.61. The summed E-state index contributed by atoms with van der Waals surface area (Å²) in [6.07, 6.45) is 8.42. The van der Waals surface area contributed by atoms with E-state index in [9.17, 15) is 0 Å². The van der Waals surface area contributed by atoms with Crippen LogP contribution in [0.1, 0.15) is 66.7 Å². The summed E-state index contributed by atoms with van der Waals surface area (Å²) in [5.41, 5.74) is 6.71. The summed E-state index contributed by atoms with van der Waals surface area (Å²) in [5.74, 6) is 2.61. The van der Waals surface area contributed by atoms with Crippen molar-refractivity contribution in [1.82, 2.24) is 5.32 Å². The van der Waals surface area contributed by atoms with Gasteiger partial charge in [0.1, 0.15) is 0 Å². The van der Waals surface area contributed by atoms with E-state index in [0.29, 0.717) is 5.92 Å². The van der Waals surface area contributed by atoms with Crippen LogP contribution in [0.15, 0.2) is 48.5 Å². The van der Waals surface area contributed by atoms with E-state index in [2.05, 4.69) is 53.8 Å². The minimum absolute atomic E-state index is 0. The molecule has 4 aliphatic rings. The largest absolute Gasteiger partial charge is 0.313 e. The molecule has 6 rings (SSSR count). The third-order valence-corrected chi connectivity index (χ3v) is 7.45. The van der Waals surface area contributed by atoms with E-state index < -0.39 is 0 Å². The molecule has 1 nitrogen and oxygen atoms in total. The van der Waals surface area contributed by atoms with Crippen LogP contribution < -0.4 is 5.32 Å². The van der Waals surface area contributed by atoms with Crippen LogP contribution in [0.4, 0.5) is 0 Å². The van der Waals surface area contributed by atoms with Crippen LogP contribution in [0, 0.1) is 11.8 Å². The molecule has 0 unspecified atom stereocenters. The van der Waals surface area contributed by atoms with Crippen LogP contribution in [0.3, 0.4) is 0 Å². The Morgan fingerprint density at radius 2 is 1.38 bits per heavy atom. The molecule has 0 aromatic heterocycles. The topological polar surface area (TPSA) is 12.0 Å². The Morgan fingerprint density at radius 3 is 1.92 bits per heavy atom. The molecule has 0 heterocycles. The van der Waals surface area contributed by atoms with Crippen LogP contribution in [-0.4, -0.2) is 12.6 Å². The average Bonchev–Trinajstić information content (AvgIpc) is 3.59. The van der Waals surface area contributed by atoms with E-state index >= 15 is 0 Å². The Kier molecular flexibility index (Phi) is 3.95. The van der Waals surface area contributed by atoms with Crippen molar-refractivity contribution in [2.45, 2.75) is 55.9 Å². The fraction of sp³-hybridized carbons (Fsp3) is 0.500. The van der Waals surface area contributed by atoms with Gasteiger partial charge in [0.05, 0.1) is 0 Å². The highest BCUT2D eigenvalue weighted by Gasteiger charge is 2.52. The maximum Gasteiger partial charge on any atom is 0.0229 e. The molecule has 136 valence electrons. The summed E-state index contributed by atoms with van der Waals surface area (Å²) in [7, 11) is 0. The van der Waals surface area contributed by atoms with Gasteiger partial charge in [0.2, 0.25) is 0 Å². The number of fused-ring (bicyclic) bond motifs is 8. The van der Waals surface area contributed by atoms with Crippen LogP contribution >= 0.6 is 12.4 Å². The molecular formula is C24H28ClN. The van der Waals surface area contributed by atoms with Gasteiger partial charge in [0.15, 0.2) is 0 Å². The molecule has 0 atom stereocenters. The number of benzene rings is 2. The lowest BCUT2D eigenvalue weighted by Crippen LogP contribution is -2.37. The first-order valence-corrected chi connectivity index (χ1v) is 10.3. The minimum atomic E-state index is 0. The van der Waals surface area contributed by atoms with Gasteiger partial charge in [0, 0.05) is 17.4 Å². The Hall–Kier alpha value is -1.31. The first kappa shape index (κ1) is 16.8. The first-order chi connectivity index (χ1) is 12.4. The van der Waals surface area contributed by atoms with Gasteiger partial charge in [-0.3, -0.25) is 0 Å². The van der Waals surface area contributed by atoms with E-state index in [-0.39, 0.29) is 17.8 Å². The highest BCUT2D eigenvalue weighted by atomic mass is 35.5. The Bertz CT molecular complexity index is 761. The second-order valence-electron chi connectivity index (χ2n) is 8.92. The van der Waals surface area contributed by atoms with E-state index in [0.717, 1.165) is 17.9 Å². The number of nitrogens with one attached hydrogen (secondary N) is 1. The third kappa shape index (κ3) is 2.40. The summed E-state index contributed by atoms with van der Waals surface area (Å²) in [5, 5.41) is 4.01. The maximum atomic E-state index is 4.01. The van der Waals surface area contributed by atoms with Crippen molar-refractivity contribution < 1.29 is 0 Å². The van der Waals surface area contributed by atoms with Crippen LogP contribution in [0.5, 0.6) is 0 Å². The smallest absolute Gasteiger partial charge is 0.0229 e. The molecule has 26 heavy (non-hydrogen) atoms. The quantitative estimate of drug-likeness (QED) is 0.721. The lowest BCUT2D eigenvalue weighted by molar-refractivity contribution is 0.382. The molecule has 0 spiro atoms. The van der Waals surface area contributed by atoms with Crippen molar-refractivity contribution in [1.29, 1.82) is 0 Å². The molecule has 2 fully saturated rings. The second kappa shape index (κ2) is 6.11. The second-order valence-corrected chi connectivity index (χ2v) is 8.92. The van der Waals surface area contributed by atoms with Gasteiger partial charge in [-0.2, -0.15) is 0 Å². The molecule has 2 aromatic carbocycles. The van der Waals surface area contributed by atoms with Gasteiger partial charge in [-0.05, 0) is 79.2 Å². The lowest BCUT2D eigenvalue weighted by atomic mass is 9.73. The van der Waals surface area contributed by atoms with E-state index in [1.165, 1.54) is 45.1 Å². The molecule has 0 amide bonds. The minimum Gasteiger partial charge on any atom is -0.313 e. The SMILES string of the molecule is Cl.c1ccc2c(c1)C1CC2(CCNC(C2CC2)C2CC2)c2ccccc21. The van der Waals surface area contributed by atoms with Gasteiger partial charge < -0.3 is 5.32 Å². The van der Waals surface area contributed by atoms with E-state index in [1.54, 1.807) is 22.3 Å². The summed E-state index contributed by atoms with van der Waals surface area (Å²) >= 11 is 0. The zero-order valence-electron chi connectivity index (χ0n) is 15.3. The molecule has 2 aromatic rings. The molecule has 2 bridgehead atoms. The summed E-state index contributed by atoms with van der Waals surface area (Å²) in [4.78, 5) is 0. The van der Waals surface area contributed by atoms with Gasteiger partial charge in [0.25, 0.3) is 0 Å². The van der Waals surface area contributed by atoms with Crippen LogP contribution in [0.25, 0.3) is 0 Å². The van der Waals surface area contributed by atoms with Crippen LogP contribution in [-0.2, 0) is 5.41 Å².